The Kier molecular flexibility index (Phi) is 3.43. The number of aliphatic hydroxyl groups excluding tert-OH is 1. The third-order valence-corrected chi connectivity index (χ3v) is 4.06. The van der Waals surface area contributed by atoms with Gasteiger partial charge in [-0.2, -0.15) is 0 Å². The van der Waals surface area contributed by atoms with Crippen LogP contribution in [0.1, 0.15) is 31.2 Å². The van der Waals surface area contributed by atoms with E-state index in [1.54, 1.807) is 0 Å². The Morgan fingerprint density at radius 3 is 2.42 bits per heavy atom. The number of benzene rings is 2. The molecule has 0 heterocycles. The number of aryl methyl sites for hydroxylation is 1. The molecule has 0 unspecified atom stereocenters. The van der Waals surface area contributed by atoms with Crippen LogP contribution in [0.3, 0.4) is 0 Å². The van der Waals surface area contributed by atoms with Crippen LogP contribution in [-0.4, -0.2) is 17.3 Å². The standard InChI is InChI=1S/C17H21NO/c1-12-2-3-14-11-16(5-4-13(14)10-12)18-15-6-8-17(19)9-7-15/h2-5,10-11,15,17-19H,6-9H2,1H3. The molecule has 1 fully saturated rings. The van der Waals surface area contributed by atoms with Crippen LogP contribution >= 0.6 is 0 Å². The SMILES string of the molecule is Cc1ccc2cc(NC3CCC(O)CC3)ccc2c1. The van der Waals surface area contributed by atoms with Crippen LogP contribution in [0, 0.1) is 6.92 Å². The van der Waals surface area contributed by atoms with Crippen molar-refractivity contribution < 1.29 is 5.11 Å². The molecule has 0 aliphatic heterocycles. The van der Waals surface area contributed by atoms with Crippen molar-refractivity contribution in [3.05, 3.63) is 42.0 Å². The fourth-order valence-electron chi connectivity index (χ4n) is 2.91. The maximum absolute atomic E-state index is 9.53. The van der Waals surface area contributed by atoms with Gasteiger partial charge >= 0.3 is 0 Å². The van der Waals surface area contributed by atoms with Crippen LogP contribution < -0.4 is 5.32 Å². The van der Waals surface area contributed by atoms with Gasteiger partial charge in [-0.1, -0.05) is 29.8 Å². The van der Waals surface area contributed by atoms with Gasteiger partial charge in [0, 0.05) is 11.7 Å². The Labute approximate surface area is 114 Å². The minimum atomic E-state index is -0.0855. The summed E-state index contributed by atoms with van der Waals surface area (Å²) in [6.45, 7) is 2.12. The van der Waals surface area contributed by atoms with E-state index in [0.29, 0.717) is 6.04 Å². The van der Waals surface area contributed by atoms with Gasteiger partial charge in [0.1, 0.15) is 0 Å². The van der Waals surface area contributed by atoms with Crippen molar-refractivity contribution >= 4 is 16.5 Å². The number of hydrogen-bond acceptors (Lipinski definition) is 2. The van der Waals surface area contributed by atoms with Crippen LogP contribution in [0.4, 0.5) is 5.69 Å². The largest absolute Gasteiger partial charge is 0.393 e. The molecular weight excluding hydrogens is 234 g/mol. The van der Waals surface area contributed by atoms with Crippen molar-refractivity contribution in [2.75, 3.05) is 5.32 Å². The summed E-state index contributed by atoms with van der Waals surface area (Å²) in [6, 6.07) is 13.6. The van der Waals surface area contributed by atoms with Crippen LogP contribution in [0.25, 0.3) is 10.8 Å². The van der Waals surface area contributed by atoms with Crippen LogP contribution in [0.5, 0.6) is 0 Å². The summed E-state index contributed by atoms with van der Waals surface area (Å²) in [5.74, 6) is 0. The Balaban J connectivity index is 1.76. The third-order valence-electron chi connectivity index (χ3n) is 4.06. The van der Waals surface area contributed by atoms with Gasteiger partial charge in [-0.05, 0) is 55.5 Å². The zero-order chi connectivity index (χ0) is 13.2. The molecule has 19 heavy (non-hydrogen) atoms. The molecule has 2 N–H and O–H groups in total. The number of nitrogens with one attached hydrogen (secondary N) is 1. The van der Waals surface area contributed by atoms with Gasteiger partial charge < -0.3 is 10.4 Å². The number of fused-ring (bicyclic) bond motifs is 1. The quantitative estimate of drug-likeness (QED) is 0.854. The van der Waals surface area contributed by atoms with E-state index in [9.17, 15) is 5.11 Å². The highest BCUT2D eigenvalue weighted by Crippen LogP contribution is 2.25. The van der Waals surface area contributed by atoms with Gasteiger partial charge in [-0.15, -0.1) is 0 Å². The molecule has 2 aromatic carbocycles. The molecule has 0 spiro atoms. The van der Waals surface area contributed by atoms with Gasteiger partial charge in [0.25, 0.3) is 0 Å². The average molecular weight is 255 g/mol. The first-order valence-corrected chi connectivity index (χ1v) is 7.16. The molecule has 1 aliphatic carbocycles. The Morgan fingerprint density at radius 1 is 0.947 bits per heavy atom. The summed E-state index contributed by atoms with van der Waals surface area (Å²) in [7, 11) is 0. The maximum Gasteiger partial charge on any atom is 0.0541 e. The lowest BCUT2D eigenvalue weighted by Crippen LogP contribution is -2.28. The highest BCUT2D eigenvalue weighted by Gasteiger charge is 2.18. The summed E-state index contributed by atoms with van der Waals surface area (Å²) in [5.41, 5.74) is 2.49. The van der Waals surface area contributed by atoms with E-state index >= 15 is 0 Å². The second-order valence-electron chi connectivity index (χ2n) is 5.72. The first-order chi connectivity index (χ1) is 9.20. The fraction of sp³-hybridized carbons (Fsp3) is 0.412. The van der Waals surface area contributed by atoms with Crippen molar-refractivity contribution in [2.45, 2.75) is 44.8 Å². The number of hydrogen-bond donors (Lipinski definition) is 2. The lowest BCUT2D eigenvalue weighted by Gasteiger charge is -2.27. The summed E-state index contributed by atoms with van der Waals surface area (Å²) in [6.07, 6.45) is 3.88. The predicted molar refractivity (Wildman–Crippen MR) is 80.6 cm³/mol. The highest BCUT2D eigenvalue weighted by atomic mass is 16.3. The topological polar surface area (TPSA) is 32.3 Å². The van der Waals surface area contributed by atoms with E-state index in [2.05, 4.69) is 48.6 Å². The van der Waals surface area contributed by atoms with Crippen molar-refractivity contribution in [1.82, 2.24) is 0 Å². The summed E-state index contributed by atoms with van der Waals surface area (Å²) in [5, 5.41) is 15.7. The molecule has 0 atom stereocenters. The number of rotatable bonds is 2. The van der Waals surface area contributed by atoms with E-state index in [4.69, 9.17) is 0 Å². The van der Waals surface area contributed by atoms with Gasteiger partial charge in [0.2, 0.25) is 0 Å². The Morgan fingerprint density at radius 2 is 1.63 bits per heavy atom. The van der Waals surface area contributed by atoms with Gasteiger partial charge in [0.05, 0.1) is 6.10 Å². The van der Waals surface area contributed by atoms with Crippen molar-refractivity contribution in [2.24, 2.45) is 0 Å². The molecule has 2 heteroatoms. The lowest BCUT2D eigenvalue weighted by molar-refractivity contribution is 0.126. The monoisotopic (exact) mass is 255 g/mol. The van der Waals surface area contributed by atoms with Crippen LogP contribution in [-0.2, 0) is 0 Å². The smallest absolute Gasteiger partial charge is 0.0541 e. The van der Waals surface area contributed by atoms with E-state index in [1.165, 1.54) is 22.0 Å². The molecule has 3 rings (SSSR count). The van der Waals surface area contributed by atoms with Gasteiger partial charge in [-0.25, -0.2) is 0 Å². The second kappa shape index (κ2) is 5.22. The summed E-state index contributed by atoms with van der Waals surface area (Å²) < 4.78 is 0. The van der Waals surface area contributed by atoms with E-state index in [0.717, 1.165) is 25.7 Å². The first kappa shape index (κ1) is 12.5. The van der Waals surface area contributed by atoms with E-state index in [1.807, 2.05) is 0 Å². The normalized spacial score (nSPS) is 23.5. The molecule has 0 saturated heterocycles. The molecule has 1 saturated carbocycles. The average Bonchev–Trinajstić information content (AvgIpc) is 2.42. The summed E-state index contributed by atoms with van der Waals surface area (Å²) >= 11 is 0. The number of anilines is 1. The maximum atomic E-state index is 9.53. The van der Waals surface area contributed by atoms with Gasteiger partial charge in [0.15, 0.2) is 0 Å². The molecule has 0 radical (unpaired) electrons. The zero-order valence-corrected chi connectivity index (χ0v) is 11.4. The Bertz CT molecular complexity index is 570. The zero-order valence-electron chi connectivity index (χ0n) is 11.4. The molecular formula is C17H21NO. The lowest BCUT2D eigenvalue weighted by atomic mass is 9.93. The van der Waals surface area contributed by atoms with E-state index in [-0.39, 0.29) is 6.10 Å². The molecule has 0 aromatic heterocycles. The Hall–Kier alpha value is -1.54. The molecule has 0 bridgehead atoms. The van der Waals surface area contributed by atoms with Crippen molar-refractivity contribution in [3.8, 4) is 0 Å². The van der Waals surface area contributed by atoms with Crippen LogP contribution in [0.2, 0.25) is 0 Å². The summed E-state index contributed by atoms with van der Waals surface area (Å²) in [4.78, 5) is 0. The number of aliphatic hydroxyl groups is 1. The van der Waals surface area contributed by atoms with E-state index < -0.39 is 0 Å². The minimum Gasteiger partial charge on any atom is -0.393 e. The predicted octanol–water partition coefficient (Wildman–Crippen LogP) is 3.86. The van der Waals surface area contributed by atoms with Crippen molar-refractivity contribution in [1.29, 1.82) is 0 Å². The van der Waals surface area contributed by atoms with Gasteiger partial charge in [-0.3, -0.25) is 0 Å². The molecule has 100 valence electrons. The molecule has 2 aromatic rings. The fourth-order valence-corrected chi connectivity index (χ4v) is 2.91. The second-order valence-corrected chi connectivity index (χ2v) is 5.72. The third kappa shape index (κ3) is 2.90. The van der Waals surface area contributed by atoms with Crippen LogP contribution in [0.15, 0.2) is 36.4 Å². The molecule has 1 aliphatic rings. The highest BCUT2D eigenvalue weighted by molar-refractivity contribution is 5.86. The van der Waals surface area contributed by atoms with Crippen molar-refractivity contribution in [3.63, 3.8) is 0 Å². The first-order valence-electron chi connectivity index (χ1n) is 7.16. The minimum absolute atomic E-state index is 0.0855. The molecule has 2 nitrogen and oxygen atoms in total. The molecule has 0 amide bonds.